The molecule has 1 aromatic heterocycles. The van der Waals surface area contributed by atoms with Crippen molar-refractivity contribution < 1.29 is 14.6 Å². The summed E-state index contributed by atoms with van der Waals surface area (Å²) in [7, 11) is 0. The van der Waals surface area contributed by atoms with Crippen LogP contribution in [0.3, 0.4) is 0 Å². The van der Waals surface area contributed by atoms with Crippen LogP contribution in [0, 0.1) is 0 Å². The predicted octanol–water partition coefficient (Wildman–Crippen LogP) is 4.28. The first-order chi connectivity index (χ1) is 10.2. The molecule has 0 aliphatic carbocycles. The highest BCUT2D eigenvalue weighted by Crippen LogP contribution is 2.21. The molecule has 1 aromatic carbocycles. The van der Waals surface area contributed by atoms with Crippen LogP contribution in [0.1, 0.15) is 51.1 Å². The van der Waals surface area contributed by atoms with E-state index < -0.39 is 0 Å². The number of nitrogens with one attached hydrogen (secondary N) is 1. The molecule has 2 N–H and O–H groups in total. The number of fused-ring (bicyclic) bond motifs is 1. The van der Waals surface area contributed by atoms with E-state index in [1.807, 2.05) is 12.1 Å². The first-order valence-electron chi connectivity index (χ1n) is 7.65. The number of aromatic amines is 1. The number of benzene rings is 1. The lowest BCUT2D eigenvalue weighted by molar-refractivity contribution is -0.145. The Labute approximate surface area is 125 Å². The van der Waals surface area contributed by atoms with Crippen molar-refractivity contribution in [2.75, 3.05) is 0 Å². The van der Waals surface area contributed by atoms with Gasteiger partial charge in [-0.3, -0.25) is 4.79 Å². The Kier molecular flexibility index (Phi) is 5.67. The number of esters is 1. The summed E-state index contributed by atoms with van der Waals surface area (Å²) in [4.78, 5) is 14.8. The predicted molar refractivity (Wildman–Crippen MR) is 83.1 cm³/mol. The van der Waals surface area contributed by atoms with Gasteiger partial charge in [0, 0.05) is 17.3 Å². The Morgan fingerprint density at radius 2 is 2.00 bits per heavy atom. The maximum absolute atomic E-state index is 11.6. The Morgan fingerprint density at radius 3 is 2.81 bits per heavy atom. The van der Waals surface area contributed by atoms with E-state index in [-0.39, 0.29) is 18.3 Å². The second kappa shape index (κ2) is 7.72. The number of ether oxygens (including phenoxy) is 1. The highest BCUT2D eigenvalue weighted by atomic mass is 16.5. The van der Waals surface area contributed by atoms with E-state index in [4.69, 9.17) is 4.74 Å². The van der Waals surface area contributed by atoms with Gasteiger partial charge in [-0.25, -0.2) is 0 Å². The number of rotatable bonds is 8. The summed E-state index contributed by atoms with van der Waals surface area (Å²) in [6.45, 7) is 2.43. The molecule has 1 heterocycles. The van der Waals surface area contributed by atoms with Crippen molar-refractivity contribution >= 4 is 16.9 Å². The molecule has 0 atom stereocenters. The Hall–Kier alpha value is -1.97. The van der Waals surface area contributed by atoms with E-state index in [0.717, 1.165) is 29.4 Å². The van der Waals surface area contributed by atoms with Gasteiger partial charge in [0.15, 0.2) is 0 Å². The van der Waals surface area contributed by atoms with E-state index >= 15 is 0 Å². The maximum Gasteiger partial charge on any atom is 0.306 e. The van der Waals surface area contributed by atoms with Gasteiger partial charge >= 0.3 is 5.97 Å². The number of aromatic hydroxyl groups is 1. The fourth-order valence-electron chi connectivity index (χ4n) is 2.36. The zero-order chi connectivity index (χ0) is 15.1. The van der Waals surface area contributed by atoms with Crippen LogP contribution in [0.2, 0.25) is 0 Å². The summed E-state index contributed by atoms with van der Waals surface area (Å²) in [5.74, 6) is 0.0881. The van der Waals surface area contributed by atoms with Gasteiger partial charge in [0.1, 0.15) is 12.4 Å². The number of H-pyrrole nitrogens is 1. The molecule has 0 bridgehead atoms. The Balaban J connectivity index is 1.75. The molecule has 0 radical (unpaired) electrons. The molecule has 0 saturated carbocycles. The number of aromatic nitrogens is 1. The highest BCUT2D eigenvalue weighted by molar-refractivity contribution is 5.81. The minimum absolute atomic E-state index is 0.145. The average molecular weight is 289 g/mol. The largest absolute Gasteiger partial charge is 0.508 e. The first-order valence-corrected chi connectivity index (χ1v) is 7.65. The summed E-state index contributed by atoms with van der Waals surface area (Å²) < 4.78 is 5.26. The third kappa shape index (κ3) is 4.81. The van der Waals surface area contributed by atoms with Gasteiger partial charge in [0.25, 0.3) is 0 Å². The topological polar surface area (TPSA) is 62.3 Å². The van der Waals surface area contributed by atoms with Gasteiger partial charge in [0.2, 0.25) is 0 Å². The molecular weight excluding hydrogens is 266 g/mol. The molecule has 2 rings (SSSR count). The third-order valence-electron chi connectivity index (χ3n) is 3.53. The number of phenolic OH excluding ortho intramolecular Hbond substituents is 1. The molecule has 0 aliphatic heterocycles. The lowest BCUT2D eigenvalue weighted by atomic mass is 10.1. The molecule has 21 heavy (non-hydrogen) atoms. The number of carbonyl (C=O) groups excluding carboxylic acids is 1. The second-order valence-corrected chi connectivity index (χ2v) is 5.39. The van der Waals surface area contributed by atoms with Crippen molar-refractivity contribution in [2.45, 2.75) is 52.1 Å². The molecule has 4 nitrogen and oxygen atoms in total. The molecule has 0 unspecified atom stereocenters. The van der Waals surface area contributed by atoms with Crippen LogP contribution in [0.25, 0.3) is 10.9 Å². The van der Waals surface area contributed by atoms with Crippen molar-refractivity contribution in [2.24, 2.45) is 0 Å². The Morgan fingerprint density at radius 1 is 1.19 bits per heavy atom. The van der Waals surface area contributed by atoms with Crippen LogP contribution >= 0.6 is 0 Å². The van der Waals surface area contributed by atoms with Gasteiger partial charge < -0.3 is 14.8 Å². The van der Waals surface area contributed by atoms with Gasteiger partial charge in [-0.15, -0.1) is 0 Å². The summed E-state index contributed by atoms with van der Waals surface area (Å²) in [6.07, 6.45) is 6.12. The lowest BCUT2D eigenvalue weighted by Crippen LogP contribution is -2.04. The number of carbonyl (C=O) groups is 1. The van der Waals surface area contributed by atoms with Crippen LogP contribution in [0.4, 0.5) is 0 Å². The van der Waals surface area contributed by atoms with Crippen molar-refractivity contribution in [3.8, 4) is 5.75 Å². The maximum atomic E-state index is 11.6. The van der Waals surface area contributed by atoms with Gasteiger partial charge in [-0.1, -0.05) is 32.6 Å². The zero-order valence-electron chi connectivity index (χ0n) is 12.5. The van der Waals surface area contributed by atoms with E-state index in [1.165, 1.54) is 19.3 Å². The number of hydrogen-bond donors (Lipinski definition) is 2. The molecule has 114 valence electrons. The van der Waals surface area contributed by atoms with E-state index in [1.54, 1.807) is 12.1 Å². The fraction of sp³-hybridized carbons (Fsp3) is 0.471. The van der Waals surface area contributed by atoms with Crippen LogP contribution in [-0.2, 0) is 16.1 Å². The summed E-state index contributed by atoms with van der Waals surface area (Å²) in [5.41, 5.74) is 1.77. The summed E-state index contributed by atoms with van der Waals surface area (Å²) >= 11 is 0. The molecule has 2 aromatic rings. The van der Waals surface area contributed by atoms with Crippen molar-refractivity contribution in [1.82, 2.24) is 4.98 Å². The number of unbranched alkanes of at least 4 members (excludes halogenated alkanes) is 4. The van der Waals surface area contributed by atoms with Gasteiger partial charge in [-0.2, -0.15) is 0 Å². The van der Waals surface area contributed by atoms with Crippen LogP contribution in [-0.4, -0.2) is 16.1 Å². The van der Waals surface area contributed by atoms with Crippen LogP contribution < -0.4 is 0 Å². The SMILES string of the molecule is CCCCCCCC(=O)OCc1cc2cc(O)ccc2[nH]1. The highest BCUT2D eigenvalue weighted by Gasteiger charge is 2.06. The normalized spacial score (nSPS) is 10.9. The third-order valence-corrected chi connectivity index (χ3v) is 3.53. The molecule has 0 spiro atoms. The standard InChI is InChI=1S/C17H23NO3/c1-2-3-4-5-6-7-17(20)21-12-14-10-13-11-15(19)8-9-16(13)18-14/h8-11,18-19H,2-7,12H2,1H3. The molecule has 4 heteroatoms. The van der Waals surface area contributed by atoms with Crippen molar-refractivity contribution in [3.63, 3.8) is 0 Å². The lowest BCUT2D eigenvalue weighted by Gasteiger charge is -2.03. The fourth-order valence-corrected chi connectivity index (χ4v) is 2.36. The Bertz CT molecular complexity index is 589. The summed E-state index contributed by atoms with van der Waals surface area (Å²) in [6, 6.07) is 7.02. The van der Waals surface area contributed by atoms with E-state index in [0.29, 0.717) is 6.42 Å². The number of phenols is 1. The monoisotopic (exact) mass is 289 g/mol. The van der Waals surface area contributed by atoms with E-state index in [9.17, 15) is 9.90 Å². The molecule has 0 amide bonds. The van der Waals surface area contributed by atoms with E-state index in [2.05, 4.69) is 11.9 Å². The van der Waals surface area contributed by atoms with Gasteiger partial charge in [0.05, 0.1) is 5.69 Å². The first kappa shape index (κ1) is 15.4. The average Bonchev–Trinajstić information content (AvgIpc) is 2.87. The second-order valence-electron chi connectivity index (χ2n) is 5.39. The zero-order valence-corrected chi connectivity index (χ0v) is 12.5. The molecule has 0 saturated heterocycles. The summed E-state index contributed by atoms with van der Waals surface area (Å²) in [5, 5.41) is 10.3. The smallest absolute Gasteiger partial charge is 0.306 e. The molecular formula is C17H23NO3. The van der Waals surface area contributed by atoms with Crippen LogP contribution in [0.15, 0.2) is 24.3 Å². The molecule has 0 aliphatic rings. The van der Waals surface area contributed by atoms with Crippen LogP contribution in [0.5, 0.6) is 5.75 Å². The van der Waals surface area contributed by atoms with Crippen molar-refractivity contribution in [1.29, 1.82) is 0 Å². The molecule has 0 fully saturated rings. The quantitative estimate of drug-likeness (QED) is 0.563. The minimum Gasteiger partial charge on any atom is -0.508 e. The van der Waals surface area contributed by atoms with Crippen molar-refractivity contribution in [3.05, 3.63) is 30.0 Å². The number of hydrogen-bond acceptors (Lipinski definition) is 3. The van der Waals surface area contributed by atoms with Gasteiger partial charge in [-0.05, 0) is 30.7 Å². The minimum atomic E-state index is -0.145.